The minimum atomic E-state index is -1.02. The Balaban J connectivity index is 2.62. The summed E-state index contributed by atoms with van der Waals surface area (Å²) in [5.74, 6) is -1.02. The van der Waals surface area contributed by atoms with E-state index in [0.29, 0.717) is 10.4 Å². The van der Waals surface area contributed by atoms with E-state index in [1.165, 1.54) is 12.1 Å². The van der Waals surface area contributed by atoms with Crippen LogP contribution in [0, 0.1) is 17.0 Å². The first-order valence-electron chi connectivity index (χ1n) is 5.08. The first kappa shape index (κ1) is 12.3. The number of hydrogen-bond donors (Lipinski definition) is 1. The molecule has 18 heavy (non-hydrogen) atoms. The number of benzene rings is 1. The number of thiophene rings is 1. The largest absolute Gasteiger partial charge is 0.477 e. The maximum Gasteiger partial charge on any atom is 0.345 e. The lowest BCUT2D eigenvalue weighted by molar-refractivity contribution is -0.384. The molecule has 0 saturated heterocycles. The summed E-state index contributed by atoms with van der Waals surface area (Å²) in [5.41, 5.74) is 1.17. The van der Waals surface area contributed by atoms with Crippen molar-refractivity contribution < 1.29 is 14.8 Å². The zero-order chi connectivity index (χ0) is 13.3. The molecule has 5 nitrogen and oxygen atoms in total. The van der Waals surface area contributed by atoms with Crippen LogP contribution in [0.5, 0.6) is 0 Å². The van der Waals surface area contributed by atoms with Gasteiger partial charge in [0.05, 0.1) is 10.5 Å². The maximum atomic E-state index is 10.9. The third kappa shape index (κ3) is 2.10. The van der Waals surface area contributed by atoms with Gasteiger partial charge in [0.25, 0.3) is 5.69 Å². The molecule has 0 saturated carbocycles. The van der Waals surface area contributed by atoms with E-state index in [2.05, 4.69) is 0 Å². The molecule has 0 unspecified atom stereocenters. The van der Waals surface area contributed by atoms with Gasteiger partial charge in [-0.15, -0.1) is 11.3 Å². The van der Waals surface area contributed by atoms with E-state index in [0.717, 1.165) is 16.9 Å². The molecule has 0 atom stereocenters. The van der Waals surface area contributed by atoms with Crippen LogP contribution in [0.2, 0.25) is 0 Å². The normalized spacial score (nSPS) is 10.3. The van der Waals surface area contributed by atoms with Crippen molar-refractivity contribution in [2.75, 3.05) is 0 Å². The Bertz CT molecular complexity index is 633. The summed E-state index contributed by atoms with van der Waals surface area (Å²) in [5, 5.41) is 19.9. The molecule has 6 heteroatoms. The van der Waals surface area contributed by atoms with Crippen LogP contribution in [0.1, 0.15) is 15.2 Å². The lowest BCUT2D eigenvalue weighted by atomic mass is 10.1. The van der Waals surface area contributed by atoms with Crippen LogP contribution in [0.25, 0.3) is 10.4 Å². The number of rotatable bonds is 3. The Labute approximate surface area is 106 Å². The van der Waals surface area contributed by atoms with Gasteiger partial charge in [0.15, 0.2) is 0 Å². The van der Waals surface area contributed by atoms with E-state index in [1.54, 1.807) is 25.1 Å². The molecule has 0 aliphatic heterocycles. The number of carbonyl (C=O) groups is 1. The zero-order valence-electron chi connectivity index (χ0n) is 9.41. The zero-order valence-corrected chi connectivity index (χ0v) is 10.2. The number of hydrogen-bond acceptors (Lipinski definition) is 4. The second-order valence-electron chi connectivity index (χ2n) is 3.70. The van der Waals surface area contributed by atoms with Gasteiger partial charge in [0, 0.05) is 10.9 Å². The number of para-hydroxylation sites is 1. The Kier molecular flexibility index (Phi) is 3.12. The standard InChI is InChI=1S/C12H9NO4S/c1-7-6-10(12(14)15)18-11(7)8-4-2-3-5-9(8)13(16)17/h2-6H,1H3,(H,14,15). The lowest BCUT2D eigenvalue weighted by Crippen LogP contribution is -1.91. The SMILES string of the molecule is Cc1cc(C(=O)O)sc1-c1ccccc1[N+](=O)[O-]. The third-order valence-electron chi connectivity index (χ3n) is 2.47. The van der Waals surface area contributed by atoms with Crippen molar-refractivity contribution >= 4 is 23.0 Å². The molecule has 0 amide bonds. The fourth-order valence-corrected chi connectivity index (χ4v) is 2.73. The highest BCUT2D eigenvalue weighted by Gasteiger charge is 2.19. The number of aromatic carboxylic acids is 1. The Morgan fingerprint density at radius 1 is 1.39 bits per heavy atom. The van der Waals surface area contributed by atoms with E-state index < -0.39 is 10.9 Å². The number of nitro groups is 1. The molecule has 0 spiro atoms. The van der Waals surface area contributed by atoms with Gasteiger partial charge in [0.2, 0.25) is 0 Å². The quantitative estimate of drug-likeness (QED) is 0.680. The monoisotopic (exact) mass is 263 g/mol. The average molecular weight is 263 g/mol. The van der Waals surface area contributed by atoms with Crippen molar-refractivity contribution in [2.24, 2.45) is 0 Å². The molecule has 1 aromatic carbocycles. The van der Waals surface area contributed by atoms with Gasteiger partial charge in [-0.2, -0.15) is 0 Å². The van der Waals surface area contributed by atoms with Gasteiger partial charge < -0.3 is 5.11 Å². The summed E-state index contributed by atoms with van der Waals surface area (Å²) < 4.78 is 0. The fourth-order valence-electron chi connectivity index (χ4n) is 1.68. The Morgan fingerprint density at radius 3 is 2.61 bits per heavy atom. The van der Waals surface area contributed by atoms with E-state index >= 15 is 0 Å². The summed E-state index contributed by atoms with van der Waals surface area (Å²) in [6, 6.07) is 7.85. The van der Waals surface area contributed by atoms with Crippen LogP contribution in [0.3, 0.4) is 0 Å². The second kappa shape index (κ2) is 4.58. The number of nitrogens with zero attached hydrogens (tertiary/aromatic N) is 1. The van der Waals surface area contributed by atoms with Gasteiger partial charge in [-0.25, -0.2) is 4.79 Å². The molecule has 1 aromatic heterocycles. The number of nitro benzene ring substituents is 1. The van der Waals surface area contributed by atoms with Crippen molar-refractivity contribution in [3.05, 3.63) is 50.9 Å². The molecule has 2 aromatic rings. The molecule has 0 aliphatic rings. The van der Waals surface area contributed by atoms with Gasteiger partial charge in [0.1, 0.15) is 4.88 Å². The van der Waals surface area contributed by atoms with Crippen molar-refractivity contribution in [2.45, 2.75) is 6.92 Å². The molecule has 0 fully saturated rings. The highest BCUT2D eigenvalue weighted by molar-refractivity contribution is 7.17. The summed E-state index contributed by atoms with van der Waals surface area (Å²) in [4.78, 5) is 22.2. The minimum absolute atomic E-state index is 0.0145. The summed E-state index contributed by atoms with van der Waals surface area (Å²) >= 11 is 1.05. The molecule has 2 rings (SSSR count). The Hall–Kier alpha value is -2.21. The van der Waals surface area contributed by atoms with Crippen LogP contribution >= 0.6 is 11.3 Å². The minimum Gasteiger partial charge on any atom is -0.477 e. The van der Waals surface area contributed by atoms with Crippen LogP contribution in [0.4, 0.5) is 5.69 Å². The van der Waals surface area contributed by atoms with Crippen LogP contribution in [0.15, 0.2) is 30.3 Å². The van der Waals surface area contributed by atoms with Crippen LogP contribution in [-0.4, -0.2) is 16.0 Å². The summed E-state index contributed by atoms with van der Waals surface area (Å²) in [7, 11) is 0. The highest BCUT2D eigenvalue weighted by Crippen LogP contribution is 2.37. The first-order chi connectivity index (χ1) is 8.50. The molecule has 0 bridgehead atoms. The first-order valence-corrected chi connectivity index (χ1v) is 5.90. The predicted molar refractivity (Wildman–Crippen MR) is 68.1 cm³/mol. The molecular weight excluding hydrogens is 254 g/mol. The van der Waals surface area contributed by atoms with Gasteiger partial charge >= 0.3 is 5.97 Å². The fraction of sp³-hybridized carbons (Fsp3) is 0.0833. The van der Waals surface area contributed by atoms with Crippen molar-refractivity contribution in [1.82, 2.24) is 0 Å². The van der Waals surface area contributed by atoms with Gasteiger partial charge in [-0.05, 0) is 24.6 Å². The van der Waals surface area contributed by atoms with E-state index in [1.807, 2.05) is 0 Å². The van der Waals surface area contributed by atoms with Crippen molar-refractivity contribution in [3.63, 3.8) is 0 Å². The predicted octanol–water partition coefficient (Wildman–Crippen LogP) is 3.33. The molecular formula is C12H9NO4S. The Morgan fingerprint density at radius 2 is 2.06 bits per heavy atom. The van der Waals surface area contributed by atoms with Crippen molar-refractivity contribution in [3.8, 4) is 10.4 Å². The average Bonchev–Trinajstić information content (AvgIpc) is 2.71. The van der Waals surface area contributed by atoms with Crippen LogP contribution in [-0.2, 0) is 0 Å². The number of aryl methyl sites for hydroxylation is 1. The van der Waals surface area contributed by atoms with E-state index in [9.17, 15) is 14.9 Å². The molecule has 1 heterocycles. The third-order valence-corrected chi connectivity index (χ3v) is 3.73. The number of carboxylic acid groups (broad SMARTS) is 1. The lowest BCUT2D eigenvalue weighted by Gasteiger charge is -2.00. The highest BCUT2D eigenvalue weighted by atomic mass is 32.1. The van der Waals surface area contributed by atoms with Gasteiger partial charge in [-0.1, -0.05) is 12.1 Å². The smallest absolute Gasteiger partial charge is 0.345 e. The maximum absolute atomic E-state index is 10.9. The van der Waals surface area contributed by atoms with E-state index in [4.69, 9.17) is 5.11 Å². The summed E-state index contributed by atoms with van der Waals surface area (Å²) in [6.07, 6.45) is 0. The summed E-state index contributed by atoms with van der Waals surface area (Å²) in [6.45, 7) is 1.75. The number of carboxylic acids is 1. The van der Waals surface area contributed by atoms with Gasteiger partial charge in [-0.3, -0.25) is 10.1 Å². The topological polar surface area (TPSA) is 80.4 Å². The van der Waals surface area contributed by atoms with Crippen molar-refractivity contribution in [1.29, 1.82) is 0 Å². The van der Waals surface area contributed by atoms with Crippen LogP contribution < -0.4 is 0 Å². The molecule has 92 valence electrons. The molecule has 1 N–H and O–H groups in total. The second-order valence-corrected chi connectivity index (χ2v) is 4.75. The molecule has 0 radical (unpaired) electrons. The molecule has 0 aliphatic carbocycles. The van der Waals surface area contributed by atoms with E-state index in [-0.39, 0.29) is 10.6 Å².